The molecule has 0 atom stereocenters. The van der Waals surface area contributed by atoms with Crippen molar-refractivity contribution in [2.45, 2.75) is 19.8 Å². The second kappa shape index (κ2) is 5.31. The molecule has 0 amide bonds. The quantitative estimate of drug-likeness (QED) is 0.531. The highest BCUT2D eigenvalue weighted by Gasteiger charge is 2.16. The summed E-state index contributed by atoms with van der Waals surface area (Å²) in [7, 11) is -4.12. The van der Waals surface area contributed by atoms with Crippen molar-refractivity contribution in [3.63, 3.8) is 0 Å². The Labute approximate surface area is 89.5 Å². The van der Waals surface area contributed by atoms with E-state index in [9.17, 15) is 4.57 Å². The molecule has 0 aliphatic carbocycles. The summed E-state index contributed by atoms with van der Waals surface area (Å²) < 4.78 is 11.0. The van der Waals surface area contributed by atoms with Crippen molar-refractivity contribution in [3.8, 4) is 0 Å². The standard InChI is InChI=1S/C10H16NO3P/c1-2-3-7-11-9-5-4-6-10(8-9)15(12,13)14/h4-6,8,11H,2-3,7H2,1H3,(H2,12,13,14). The monoisotopic (exact) mass is 229 g/mol. The first-order chi connectivity index (χ1) is 7.04. The van der Waals surface area contributed by atoms with Gasteiger partial charge in [0.15, 0.2) is 0 Å². The number of benzene rings is 1. The van der Waals surface area contributed by atoms with Crippen LogP contribution in [0, 0.1) is 0 Å². The van der Waals surface area contributed by atoms with E-state index in [-0.39, 0.29) is 5.30 Å². The maximum absolute atomic E-state index is 11.0. The van der Waals surface area contributed by atoms with Crippen LogP contribution in [0.5, 0.6) is 0 Å². The van der Waals surface area contributed by atoms with E-state index in [1.54, 1.807) is 12.1 Å². The summed E-state index contributed by atoms with van der Waals surface area (Å²) in [5.41, 5.74) is 0.754. The predicted octanol–water partition coefficient (Wildman–Crippen LogP) is 1.70. The van der Waals surface area contributed by atoms with Crippen molar-refractivity contribution in [2.75, 3.05) is 11.9 Å². The fraction of sp³-hybridized carbons (Fsp3) is 0.400. The van der Waals surface area contributed by atoms with Gasteiger partial charge in [-0.2, -0.15) is 0 Å². The second-order valence-electron chi connectivity index (χ2n) is 3.37. The molecule has 0 fully saturated rings. The van der Waals surface area contributed by atoms with Crippen LogP contribution in [0.15, 0.2) is 24.3 Å². The Morgan fingerprint density at radius 3 is 2.73 bits per heavy atom. The number of unbranched alkanes of at least 4 members (excludes halogenated alkanes) is 1. The molecule has 5 heteroatoms. The molecule has 0 saturated heterocycles. The highest BCUT2D eigenvalue weighted by atomic mass is 31.2. The van der Waals surface area contributed by atoms with Crippen molar-refractivity contribution in [2.24, 2.45) is 0 Å². The maximum Gasteiger partial charge on any atom is 0.356 e. The minimum atomic E-state index is -4.12. The van der Waals surface area contributed by atoms with Gasteiger partial charge in [-0.3, -0.25) is 4.57 Å². The van der Waals surface area contributed by atoms with Crippen LogP contribution in [0.25, 0.3) is 0 Å². The zero-order chi connectivity index (χ0) is 11.3. The van der Waals surface area contributed by atoms with E-state index in [1.165, 1.54) is 12.1 Å². The summed E-state index contributed by atoms with van der Waals surface area (Å²) in [4.78, 5) is 17.9. The van der Waals surface area contributed by atoms with Gasteiger partial charge < -0.3 is 15.1 Å². The van der Waals surface area contributed by atoms with E-state index in [0.29, 0.717) is 0 Å². The minimum absolute atomic E-state index is 0.0593. The fourth-order valence-corrected chi connectivity index (χ4v) is 1.79. The fourth-order valence-electron chi connectivity index (χ4n) is 1.21. The van der Waals surface area contributed by atoms with Crippen LogP contribution >= 0.6 is 7.60 Å². The Kier molecular flexibility index (Phi) is 4.33. The van der Waals surface area contributed by atoms with Crippen molar-refractivity contribution < 1.29 is 14.4 Å². The third-order valence-electron chi connectivity index (χ3n) is 2.04. The van der Waals surface area contributed by atoms with E-state index < -0.39 is 7.60 Å². The molecular formula is C10H16NO3P. The largest absolute Gasteiger partial charge is 0.385 e. The number of anilines is 1. The van der Waals surface area contributed by atoms with E-state index >= 15 is 0 Å². The van der Waals surface area contributed by atoms with Crippen LogP contribution in [-0.2, 0) is 4.57 Å². The Balaban J connectivity index is 2.71. The van der Waals surface area contributed by atoms with Gasteiger partial charge in [-0.1, -0.05) is 19.4 Å². The molecule has 84 valence electrons. The average Bonchev–Trinajstić information content (AvgIpc) is 2.17. The Morgan fingerprint density at radius 2 is 2.13 bits per heavy atom. The lowest BCUT2D eigenvalue weighted by atomic mass is 10.3. The molecule has 1 rings (SSSR count). The summed E-state index contributed by atoms with van der Waals surface area (Å²) in [6.45, 7) is 2.91. The normalized spacial score (nSPS) is 11.4. The molecule has 3 N–H and O–H groups in total. The van der Waals surface area contributed by atoms with Gasteiger partial charge in [-0.25, -0.2) is 0 Å². The summed E-state index contributed by atoms with van der Waals surface area (Å²) in [5.74, 6) is 0. The lowest BCUT2D eigenvalue weighted by molar-refractivity contribution is 0.387. The molecule has 4 nitrogen and oxygen atoms in total. The van der Waals surface area contributed by atoms with Crippen molar-refractivity contribution in [1.82, 2.24) is 0 Å². The minimum Gasteiger partial charge on any atom is -0.385 e. The lowest BCUT2D eigenvalue weighted by Gasteiger charge is -2.08. The SMILES string of the molecule is CCCCNc1cccc(P(=O)(O)O)c1. The molecule has 0 saturated carbocycles. The molecule has 0 aromatic heterocycles. The first kappa shape index (κ1) is 12.2. The highest BCUT2D eigenvalue weighted by molar-refractivity contribution is 7.60. The van der Waals surface area contributed by atoms with Gasteiger partial charge in [0.05, 0.1) is 5.30 Å². The van der Waals surface area contributed by atoms with Crippen LogP contribution in [0.4, 0.5) is 5.69 Å². The van der Waals surface area contributed by atoms with E-state index in [0.717, 1.165) is 25.1 Å². The Morgan fingerprint density at radius 1 is 1.40 bits per heavy atom. The number of nitrogens with one attached hydrogen (secondary N) is 1. The Hall–Kier alpha value is -0.830. The van der Waals surface area contributed by atoms with Gasteiger partial charge >= 0.3 is 7.60 Å². The second-order valence-corrected chi connectivity index (χ2v) is 4.98. The van der Waals surface area contributed by atoms with Gasteiger partial charge in [0.25, 0.3) is 0 Å². The molecule has 0 spiro atoms. The van der Waals surface area contributed by atoms with Gasteiger partial charge in [0.2, 0.25) is 0 Å². The first-order valence-corrected chi connectivity index (χ1v) is 6.55. The topological polar surface area (TPSA) is 69.6 Å². The molecule has 15 heavy (non-hydrogen) atoms. The molecule has 1 aromatic carbocycles. The molecule has 0 radical (unpaired) electrons. The molecule has 0 aliphatic heterocycles. The zero-order valence-electron chi connectivity index (χ0n) is 8.68. The maximum atomic E-state index is 11.0. The van der Waals surface area contributed by atoms with Crippen LogP contribution in [0.3, 0.4) is 0 Å². The molecule has 1 aromatic rings. The van der Waals surface area contributed by atoms with Crippen molar-refractivity contribution >= 4 is 18.6 Å². The number of rotatable bonds is 5. The van der Waals surface area contributed by atoms with Gasteiger partial charge in [0, 0.05) is 12.2 Å². The van der Waals surface area contributed by atoms with Crippen LogP contribution in [0.2, 0.25) is 0 Å². The van der Waals surface area contributed by atoms with Crippen LogP contribution in [-0.4, -0.2) is 16.3 Å². The van der Waals surface area contributed by atoms with E-state index in [2.05, 4.69) is 12.2 Å². The molecule has 0 aliphatic rings. The smallest absolute Gasteiger partial charge is 0.356 e. The molecule has 0 bridgehead atoms. The number of hydrogen-bond donors (Lipinski definition) is 3. The third-order valence-corrected chi connectivity index (χ3v) is 2.99. The number of hydrogen-bond acceptors (Lipinski definition) is 2. The highest BCUT2D eigenvalue weighted by Crippen LogP contribution is 2.33. The lowest BCUT2D eigenvalue weighted by Crippen LogP contribution is -2.07. The summed E-state index contributed by atoms with van der Waals surface area (Å²) in [6, 6.07) is 6.37. The van der Waals surface area contributed by atoms with E-state index in [1.807, 2.05) is 0 Å². The first-order valence-electron chi connectivity index (χ1n) is 4.94. The van der Waals surface area contributed by atoms with Crippen molar-refractivity contribution in [3.05, 3.63) is 24.3 Å². The summed E-state index contributed by atoms with van der Waals surface area (Å²) in [5, 5.41) is 3.17. The predicted molar refractivity (Wildman–Crippen MR) is 61.5 cm³/mol. The van der Waals surface area contributed by atoms with E-state index in [4.69, 9.17) is 9.79 Å². The molecule has 0 unspecified atom stereocenters. The summed E-state index contributed by atoms with van der Waals surface area (Å²) in [6.07, 6.45) is 2.13. The zero-order valence-corrected chi connectivity index (χ0v) is 9.58. The van der Waals surface area contributed by atoms with Crippen molar-refractivity contribution in [1.29, 1.82) is 0 Å². The van der Waals surface area contributed by atoms with Gasteiger partial charge in [0.1, 0.15) is 0 Å². The van der Waals surface area contributed by atoms with Crippen LogP contribution in [0.1, 0.15) is 19.8 Å². The molecular weight excluding hydrogens is 213 g/mol. The average molecular weight is 229 g/mol. The van der Waals surface area contributed by atoms with Gasteiger partial charge in [-0.15, -0.1) is 0 Å². The Bertz CT molecular complexity index is 361. The summed E-state index contributed by atoms with van der Waals surface area (Å²) >= 11 is 0. The molecule has 0 heterocycles. The van der Waals surface area contributed by atoms with Gasteiger partial charge in [-0.05, 0) is 24.6 Å². The third kappa shape index (κ3) is 4.04. The van der Waals surface area contributed by atoms with Crippen LogP contribution < -0.4 is 10.6 Å².